The summed E-state index contributed by atoms with van der Waals surface area (Å²) in [6, 6.07) is 1.46. The Morgan fingerprint density at radius 1 is 0.960 bits per heavy atom. The molecule has 2 N–H and O–H groups in total. The summed E-state index contributed by atoms with van der Waals surface area (Å²) in [6.45, 7) is 7.12. The van der Waals surface area contributed by atoms with Crippen molar-refractivity contribution in [3.05, 3.63) is 0 Å². The van der Waals surface area contributed by atoms with E-state index in [1.165, 1.54) is 38.6 Å². The monoisotopic (exact) mass is 352 g/mol. The van der Waals surface area contributed by atoms with Crippen LogP contribution in [0.2, 0.25) is 0 Å². The third-order valence-corrected chi connectivity index (χ3v) is 7.14. The summed E-state index contributed by atoms with van der Waals surface area (Å²) in [6.07, 6.45) is 7.53. The van der Waals surface area contributed by atoms with Crippen molar-refractivity contribution < 1.29 is 4.74 Å². The molecule has 1 saturated carbocycles. The predicted octanol–water partition coefficient (Wildman–Crippen LogP) is 1.60. The molecular formula is C20H40N4O. The van der Waals surface area contributed by atoms with Crippen molar-refractivity contribution in [2.45, 2.75) is 57.3 Å². The average Bonchev–Trinajstić information content (AvgIpc) is 3.05. The quantitative estimate of drug-likeness (QED) is 0.681. The van der Waals surface area contributed by atoms with Crippen LogP contribution in [-0.2, 0) is 4.74 Å². The van der Waals surface area contributed by atoms with Crippen molar-refractivity contribution in [1.82, 2.24) is 20.4 Å². The van der Waals surface area contributed by atoms with Gasteiger partial charge in [-0.3, -0.25) is 4.90 Å². The molecule has 1 aliphatic carbocycles. The number of ether oxygens (including phenoxy) is 1. The lowest BCUT2D eigenvalue weighted by molar-refractivity contribution is 0.0710. The second-order valence-electron chi connectivity index (χ2n) is 8.73. The normalized spacial score (nSPS) is 39.1. The Morgan fingerprint density at radius 2 is 1.68 bits per heavy atom. The van der Waals surface area contributed by atoms with Gasteiger partial charge in [0, 0.05) is 37.7 Å². The molecule has 0 aromatic rings. The van der Waals surface area contributed by atoms with E-state index in [0.29, 0.717) is 12.2 Å². The van der Waals surface area contributed by atoms with Crippen LogP contribution >= 0.6 is 0 Å². The van der Waals surface area contributed by atoms with Crippen LogP contribution in [-0.4, -0.2) is 82.0 Å². The highest BCUT2D eigenvalue weighted by Crippen LogP contribution is 2.39. The fourth-order valence-electron chi connectivity index (χ4n) is 5.45. The highest BCUT2D eigenvalue weighted by Gasteiger charge is 2.43. The molecule has 0 spiro atoms. The minimum Gasteiger partial charge on any atom is -0.380 e. The van der Waals surface area contributed by atoms with Crippen molar-refractivity contribution in [3.63, 3.8) is 0 Å². The Morgan fingerprint density at radius 3 is 2.36 bits per heavy atom. The molecule has 0 bridgehead atoms. The molecule has 4 atom stereocenters. The van der Waals surface area contributed by atoms with Crippen LogP contribution in [0.25, 0.3) is 0 Å². The largest absolute Gasteiger partial charge is 0.380 e. The number of hydrogen-bond donors (Lipinski definition) is 2. The third kappa shape index (κ3) is 4.75. The SMILES string of the molecule is CCOCCN(C)C1CNC2NCC(C3CCC(N(C)C)CC3)CC21. The van der Waals surface area contributed by atoms with Gasteiger partial charge in [-0.25, -0.2) is 0 Å². The minimum absolute atomic E-state index is 0.522. The van der Waals surface area contributed by atoms with Gasteiger partial charge in [0.1, 0.15) is 0 Å². The van der Waals surface area contributed by atoms with Gasteiger partial charge >= 0.3 is 0 Å². The van der Waals surface area contributed by atoms with Crippen molar-refractivity contribution in [1.29, 1.82) is 0 Å². The number of piperidine rings is 1. The number of nitrogens with zero attached hydrogens (tertiary/aromatic N) is 2. The van der Waals surface area contributed by atoms with E-state index in [1.807, 2.05) is 0 Å². The van der Waals surface area contributed by atoms with E-state index in [1.54, 1.807) is 0 Å². The third-order valence-electron chi connectivity index (χ3n) is 7.14. The van der Waals surface area contributed by atoms with Gasteiger partial charge in [-0.05, 0) is 78.6 Å². The number of fused-ring (bicyclic) bond motifs is 1. The Hall–Kier alpha value is -0.200. The smallest absolute Gasteiger partial charge is 0.0617 e. The van der Waals surface area contributed by atoms with E-state index in [4.69, 9.17) is 4.74 Å². The van der Waals surface area contributed by atoms with Gasteiger partial charge in [-0.1, -0.05) is 0 Å². The Labute approximate surface area is 154 Å². The lowest BCUT2D eigenvalue weighted by atomic mass is 9.72. The van der Waals surface area contributed by atoms with Crippen molar-refractivity contribution in [2.24, 2.45) is 17.8 Å². The lowest BCUT2D eigenvalue weighted by Crippen LogP contribution is -2.53. The van der Waals surface area contributed by atoms with Crippen molar-refractivity contribution in [2.75, 3.05) is 54.0 Å². The first kappa shape index (κ1) is 19.6. The zero-order valence-electron chi connectivity index (χ0n) is 16.8. The highest BCUT2D eigenvalue weighted by molar-refractivity contribution is 4.99. The van der Waals surface area contributed by atoms with Gasteiger partial charge in [0.05, 0.1) is 12.8 Å². The van der Waals surface area contributed by atoms with Gasteiger partial charge < -0.3 is 20.3 Å². The molecule has 3 fully saturated rings. The molecule has 0 amide bonds. The van der Waals surface area contributed by atoms with Crippen LogP contribution in [0, 0.1) is 17.8 Å². The highest BCUT2D eigenvalue weighted by atomic mass is 16.5. The van der Waals surface area contributed by atoms with Gasteiger partial charge in [0.2, 0.25) is 0 Å². The molecule has 0 radical (unpaired) electrons. The van der Waals surface area contributed by atoms with E-state index in [-0.39, 0.29) is 0 Å². The zero-order chi connectivity index (χ0) is 17.8. The zero-order valence-corrected chi connectivity index (χ0v) is 16.8. The van der Waals surface area contributed by atoms with Crippen LogP contribution in [0.1, 0.15) is 39.0 Å². The Balaban J connectivity index is 1.51. The summed E-state index contributed by atoms with van der Waals surface area (Å²) in [4.78, 5) is 4.95. The van der Waals surface area contributed by atoms with Crippen molar-refractivity contribution >= 4 is 0 Å². The fourth-order valence-corrected chi connectivity index (χ4v) is 5.45. The summed E-state index contributed by atoms with van der Waals surface area (Å²) in [5.74, 6) is 2.55. The molecule has 4 unspecified atom stereocenters. The van der Waals surface area contributed by atoms with Gasteiger partial charge in [0.25, 0.3) is 0 Å². The van der Waals surface area contributed by atoms with E-state index in [9.17, 15) is 0 Å². The maximum Gasteiger partial charge on any atom is 0.0617 e. The molecule has 2 saturated heterocycles. The second kappa shape index (κ2) is 9.14. The fraction of sp³-hybridized carbons (Fsp3) is 1.00. The summed E-state index contributed by atoms with van der Waals surface area (Å²) in [5, 5.41) is 7.56. The van der Waals surface area contributed by atoms with Crippen LogP contribution < -0.4 is 10.6 Å². The van der Waals surface area contributed by atoms with Crippen LogP contribution in [0.5, 0.6) is 0 Å². The Kier molecular flexibility index (Phi) is 7.15. The summed E-state index contributed by atoms with van der Waals surface area (Å²) < 4.78 is 5.56. The number of likely N-dealkylation sites (N-methyl/N-ethyl adjacent to an activating group) is 1. The molecule has 5 heteroatoms. The van der Waals surface area contributed by atoms with Crippen LogP contribution in [0.3, 0.4) is 0 Å². The van der Waals surface area contributed by atoms with Crippen LogP contribution in [0.15, 0.2) is 0 Å². The van der Waals surface area contributed by atoms with Crippen LogP contribution in [0.4, 0.5) is 0 Å². The molecule has 5 nitrogen and oxygen atoms in total. The average molecular weight is 353 g/mol. The first-order chi connectivity index (χ1) is 12.1. The molecule has 0 aromatic carbocycles. The first-order valence-corrected chi connectivity index (χ1v) is 10.5. The minimum atomic E-state index is 0.522. The lowest BCUT2D eigenvalue weighted by Gasteiger charge is -2.43. The van der Waals surface area contributed by atoms with Gasteiger partial charge in [0.15, 0.2) is 0 Å². The molecule has 3 aliphatic rings. The molecule has 3 rings (SSSR count). The summed E-state index contributed by atoms with van der Waals surface area (Å²) in [5.41, 5.74) is 0. The van der Waals surface area contributed by atoms with E-state index in [0.717, 1.165) is 50.1 Å². The standard InChI is InChI=1S/C20H40N4O/c1-5-25-11-10-24(4)19-14-22-20-18(19)12-16(13-21-20)15-6-8-17(9-7-15)23(2)3/h15-22H,5-14H2,1-4H3. The van der Waals surface area contributed by atoms with E-state index in [2.05, 4.69) is 48.5 Å². The molecular weight excluding hydrogens is 312 g/mol. The molecule has 146 valence electrons. The second-order valence-corrected chi connectivity index (χ2v) is 8.73. The molecule has 0 aromatic heterocycles. The number of nitrogens with one attached hydrogen (secondary N) is 2. The van der Waals surface area contributed by atoms with Gasteiger partial charge in [-0.15, -0.1) is 0 Å². The Bertz CT molecular complexity index is 397. The first-order valence-electron chi connectivity index (χ1n) is 10.5. The van der Waals surface area contributed by atoms with Crippen molar-refractivity contribution in [3.8, 4) is 0 Å². The topological polar surface area (TPSA) is 39.8 Å². The van der Waals surface area contributed by atoms with Gasteiger partial charge in [-0.2, -0.15) is 0 Å². The van der Waals surface area contributed by atoms with E-state index >= 15 is 0 Å². The maximum atomic E-state index is 5.56. The van der Waals surface area contributed by atoms with E-state index < -0.39 is 0 Å². The molecule has 2 aliphatic heterocycles. The number of rotatable bonds is 7. The molecule has 25 heavy (non-hydrogen) atoms. The number of hydrogen-bond acceptors (Lipinski definition) is 5. The summed E-state index contributed by atoms with van der Waals surface area (Å²) in [7, 11) is 6.76. The predicted molar refractivity (Wildman–Crippen MR) is 104 cm³/mol. The molecule has 2 heterocycles. The summed E-state index contributed by atoms with van der Waals surface area (Å²) >= 11 is 0. The maximum absolute atomic E-state index is 5.56.